The van der Waals surface area contributed by atoms with Crippen LogP contribution in [0.5, 0.6) is 0 Å². The molecule has 0 spiro atoms. The number of carbonyl (C=O) groups is 2. The van der Waals surface area contributed by atoms with E-state index in [4.69, 9.17) is 46.4 Å². The molecule has 4 aromatic heterocycles. The van der Waals surface area contributed by atoms with Gasteiger partial charge in [0.25, 0.3) is 11.1 Å². The highest BCUT2D eigenvalue weighted by Crippen LogP contribution is 2.29. The van der Waals surface area contributed by atoms with Crippen molar-refractivity contribution in [3.63, 3.8) is 0 Å². The number of aryl methyl sites for hydroxylation is 4. The molecule has 18 nitrogen and oxygen atoms in total. The van der Waals surface area contributed by atoms with E-state index in [9.17, 15) is 39.0 Å². The second-order valence-corrected chi connectivity index (χ2v) is 18.0. The number of hydrogen-bond acceptors (Lipinski definition) is 10. The van der Waals surface area contributed by atoms with Gasteiger partial charge in [-0.1, -0.05) is 71.4 Å². The van der Waals surface area contributed by atoms with Gasteiger partial charge >= 0.3 is 23.3 Å². The first-order chi connectivity index (χ1) is 30.3. The number of halogens is 4. The summed E-state index contributed by atoms with van der Waals surface area (Å²) in [6.07, 6.45) is 5.51. The van der Waals surface area contributed by atoms with Crippen LogP contribution in [0, 0.1) is 11.8 Å². The van der Waals surface area contributed by atoms with Crippen LogP contribution in [0.15, 0.2) is 55.6 Å². The Labute approximate surface area is 384 Å². The fourth-order valence-corrected chi connectivity index (χ4v) is 9.16. The molecule has 340 valence electrons. The number of aliphatic carboxylic acids is 2. The Morgan fingerprint density at radius 1 is 0.594 bits per heavy atom. The van der Waals surface area contributed by atoms with Crippen molar-refractivity contribution in [2.75, 3.05) is 10.6 Å². The molecule has 2 aromatic carbocycles. The molecule has 2 saturated carbocycles. The van der Waals surface area contributed by atoms with Crippen LogP contribution in [0.3, 0.4) is 0 Å². The Kier molecular flexibility index (Phi) is 13.7. The van der Waals surface area contributed by atoms with Crippen molar-refractivity contribution in [3.8, 4) is 0 Å². The first-order valence-electron chi connectivity index (χ1n) is 20.5. The molecular weight excluding hydrogens is 914 g/mol. The molecule has 2 aliphatic carbocycles. The van der Waals surface area contributed by atoms with Crippen molar-refractivity contribution in [1.29, 1.82) is 0 Å². The molecule has 0 unspecified atom stereocenters. The SMILES string of the molecule is Cn1c(N[C@@H]2CCC[C@H](C(=O)O)C2)nc2c1c(=O)n(Cc1ccc(Cl)c(Cl)c1)c(=O)n2C.Cn1c(N[C@H]2CCC[C@@H](C(=O)O)C2)nc2c1c(=O)n(Cc1ccc(Cl)c(Cl)c1)c(=O)n2C. The molecule has 0 bridgehead atoms. The van der Waals surface area contributed by atoms with Crippen LogP contribution < -0.4 is 33.1 Å². The van der Waals surface area contributed by atoms with Crippen LogP contribution in [-0.2, 0) is 50.9 Å². The number of aromatic nitrogens is 8. The van der Waals surface area contributed by atoms with Crippen molar-refractivity contribution >= 4 is 92.6 Å². The summed E-state index contributed by atoms with van der Waals surface area (Å²) in [5.41, 5.74) is 0.487. The highest BCUT2D eigenvalue weighted by molar-refractivity contribution is 6.42. The molecule has 6 aromatic rings. The summed E-state index contributed by atoms with van der Waals surface area (Å²) in [7, 11) is 6.52. The lowest BCUT2D eigenvalue weighted by Gasteiger charge is -2.27. The van der Waals surface area contributed by atoms with E-state index in [1.807, 2.05) is 0 Å². The molecule has 2 fully saturated rings. The van der Waals surface area contributed by atoms with Crippen molar-refractivity contribution in [2.24, 2.45) is 40.0 Å². The lowest BCUT2D eigenvalue weighted by molar-refractivity contribution is -0.143. The van der Waals surface area contributed by atoms with E-state index in [-0.39, 0.29) is 47.5 Å². The van der Waals surface area contributed by atoms with Crippen molar-refractivity contribution in [3.05, 3.63) is 109 Å². The minimum Gasteiger partial charge on any atom is -0.481 e. The predicted molar refractivity (Wildman–Crippen MR) is 246 cm³/mol. The standard InChI is InChI=1S/2C21H23Cl2N5O4/c2*1-26-16-17(25-20(26)24-13-5-3-4-12(9-13)19(30)31)27(2)21(32)28(18(16)29)10-11-6-7-14(22)15(23)8-11/h2*6-8,12-13H,3-5,9-10H2,1-2H3,(H,24,25)(H,30,31)/t2*12-,13+/m10/s1. The van der Waals surface area contributed by atoms with E-state index >= 15 is 0 Å². The van der Waals surface area contributed by atoms with Crippen LogP contribution in [0.25, 0.3) is 22.3 Å². The molecule has 2 aliphatic rings. The molecule has 0 amide bonds. The number of carboxylic acid groups (broad SMARTS) is 2. The highest BCUT2D eigenvalue weighted by Gasteiger charge is 2.30. The number of anilines is 2. The number of rotatable bonds is 10. The Balaban J connectivity index is 0.000000191. The van der Waals surface area contributed by atoms with Gasteiger partial charge in [-0.25, -0.2) is 9.59 Å². The van der Waals surface area contributed by atoms with Crippen LogP contribution in [-0.4, -0.2) is 71.6 Å². The lowest BCUT2D eigenvalue weighted by atomic mass is 9.86. The number of benzene rings is 2. The summed E-state index contributed by atoms with van der Waals surface area (Å²) in [6, 6.07) is 9.76. The lowest BCUT2D eigenvalue weighted by Crippen LogP contribution is -2.39. The third kappa shape index (κ3) is 9.32. The van der Waals surface area contributed by atoms with Gasteiger partial charge in [0.2, 0.25) is 11.9 Å². The molecule has 4 N–H and O–H groups in total. The van der Waals surface area contributed by atoms with Gasteiger partial charge in [-0.3, -0.25) is 37.4 Å². The second-order valence-electron chi connectivity index (χ2n) is 16.4. The molecule has 0 saturated heterocycles. The maximum absolute atomic E-state index is 13.2. The smallest absolute Gasteiger partial charge is 0.332 e. The maximum Gasteiger partial charge on any atom is 0.332 e. The average Bonchev–Trinajstić information content (AvgIpc) is 3.77. The van der Waals surface area contributed by atoms with Crippen LogP contribution >= 0.6 is 46.4 Å². The second kappa shape index (κ2) is 18.9. The van der Waals surface area contributed by atoms with E-state index in [0.29, 0.717) is 68.8 Å². The first-order valence-corrected chi connectivity index (χ1v) is 22.0. The Morgan fingerprint density at radius 2 is 0.969 bits per heavy atom. The Hall–Kier alpha value is -5.56. The number of imidazole rings is 2. The van der Waals surface area contributed by atoms with Gasteiger partial charge in [-0.15, -0.1) is 0 Å². The van der Waals surface area contributed by atoms with Gasteiger partial charge in [-0.2, -0.15) is 9.97 Å². The zero-order valence-electron chi connectivity index (χ0n) is 35.3. The summed E-state index contributed by atoms with van der Waals surface area (Å²) in [4.78, 5) is 84.0. The molecular formula is C42H46Cl4N10O8. The van der Waals surface area contributed by atoms with Crippen LogP contribution in [0.2, 0.25) is 20.1 Å². The van der Waals surface area contributed by atoms with Gasteiger partial charge in [0.1, 0.15) is 0 Å². The van der Waals surface area contributed by atoms with E-state index in [2.05, 4.69) is 20.6 Å². The minimum absolute atomic E-state index is 0.0369. The molecule has 22 heteroatoms. The quantitative estimate of drug-likeness (QED) is 0.130. The van der Waals surface area contributed by atoms with E-state index in [1.54, 1.807) is 73.7 Å². The van der Waals surface area contributed by atoms with E-state index < -0.39 is 46.3 Å². The number of nitrogens with zero attached hydrogens (tertiary/aromatic N) is 8. The Bertz CT molecular complexity index is 2860. The van der Waals surface area contributed by atoms with Crippen LogP contribution in [0.4, 0.5) is 11.9 Å². The van der Waals surface area contributed by atoms with Gasteiger partial charge < -0.3 is 30.0 Å². The summed E-state index contributed by atoms with van der Waals surface area (Å²) in [6.45, 7) is 0.0738. The summed E-state index contributed by atoms with van der Waals surface area (Å²) >= 11 is 24.1. The number of carboxylic acids is 2. The van der Waals surface area contributed by atoms with Gasteiger partial charge in [0.15, 0.2) is 22.3 Å². The number of fused-ring (bicyclic) bond motifs is 2. The van der Waals surface area contributed by atoms with Crippen molar-refractivity contribution in [1.82, 2.24) is 37.4 Å². The zero-order chi connectivity index (χ0) is 46.3. The van der Waals surface area contributed by atoms with E-state index in [1.165, 1.54) is 9.13 Å². The van der Waals surface area contributed by atoms with Gasteiger partial charge in [0.05, 0.1) is 45.0 Å². The number of hydrogen-bond donors (Lipinski definition) is 4. The average molecular weight is 961 g/mol. The van der Waals surface area contributed by atoms with Gasteiger partial charge in [0, 0.05) is 40.3 Å². The monoisotopic (exact) mass is 958 g/mol. The summed E-state index contributed by atoms with van der Waals surface area (Å²) < 4.78 is 8.17. The third-order valence-corrected chi connectivity index (χ3v) is 13.6. The first kappa shape index (κ1) is 46.4. The van der Waals surface area contributed by atoms with Gasteiger partial charge in [-0.05, 0) is 73.9 Å². The van der Waals surface area contributed by atoms with Crippen LogP contribution in [0.1, 0.15) is 62.5 Å². The molecule has 8 rings (SSSR count). The zero-order valence-corrected chi connectivity index (χ0v) is 38.3. The van der Waals surface area contributed by atoms with Crippen molar-refractivity contribution in [2.45, 2.75) is 76.5 Å². The molecule has 4 atom stereocenters. The normalized spacial score (nSPS) is 18.8. The fourth-order valence-electron chi connectivity index (χ4n) is 8.52. The largest absolute Gasteiger partial charge is 0.481 e. The molecule has 4 heterocycles. The van der Waals surface area contributed by atoms with E-state index in [0.717, 1.165) is 34.8 Å². The number of nitrogens with one attached hydrogen (secondary N) is 2. The highest BCUT2D eigenvalue weighted by atomic mass is 35.5. The van der Waals surface area contributed by atoms with Crippen molar-refractivity contribution < 1.29 is 19.8 Å². The molecule has 0 radical (unpaired) electrons. The molecule has 64 heavy (non-hydrogen) atoms. The maximum atomic E-state index is 13.2. The summed E-state index contributed by atoms with van der Waals surface area (Å²) in [5.74, 6) is -1.54. The minimum atomic E-state index is -0.797. The third-order valence-electron chi connectivity index (χ3n) is 12.1. The Morgan fingerprint density at radius 3 is 1.31 bits per heavy atom. The topological polar surface area (TPSA) is 222 Å². The molecule has 0 aliphatic heterocycles. The predicted octanol–water partition coefficient (Wildman–Crippen LogP) is 5.69. The summed E-state index contributed by atoms with van der Waals surface area (Å²) in [5, 5.41) is 26.7. The fraction of sp³-hybridized carbons (Fsp3) is 0.429.